The number of carboxylic acid groups (broad SMARTS) is 1. The van der Waals surface area contributed by atoms with Gasteiger partial charge >= 0.3 is 5.97 Å². The Morgan fingerprint density at radius 1 is 1.50 bits per heavy atom. The van der Waals surface area contributed by atoms with Crippen molar-refractivity contribution in [2.75, 3.05) is 13.1 Å². The van der Waals surface area contributed by atoms with Crippen molar-refractivity contribution in [3.05, 3.63) is 0 Å². The lowest BCUT2D eigenvalue weighted by molar-refractivity contribution is -0.142. The van der Waals surface area contributed by atoms with Gasteiger partial charge in [-0.1, -0.05) is 6.92 Å². The summed E-state index contributed by atoms with van der Waals surface area (Å²) in [6, 6.07) is 0.758. The second kappa shape index (κ2) is 5.64. The fourth-order valence-electron chi connectivity index (χ4n) is 1.96. The van der Waals surface area contributed by atoms with E-state index in [1.54, 1.807) is 6.92 Å². The van der Waals surface area contributed by atoms with Gasteiger partial charge in [0.15, 0.2) is 0 Å². The van der Waals surface area contributed by atoms with E-state index >= 15 is 0 Å². The largest absolute Gasteiger partial charge is 0.480 e. The van der Waals surface area contributed by atoms with Gasteiger partial charge in [-0.05, 0) is 52.1 Å². The normalized spacial score (nSPS) is 19.8. The van der Waals surface area contributed by atoms with Crippen molar-refractivity contribution in [3.8, 4) is 0 Å². The summed E-state index contributed by atoms with van der Waals surface area (Å²) in [6.45, 7) is 5.88. The number of nitrogens with two attached hydrogens (primary N) is 1. The van der Waals surface area contributed by atoms with Gasteiger partial charge in [0.2, 0.25) is 0 Å². The average Bonchev–Trinajstić information content (AvgIpc) is 2.99. The van der Waals surface area contributed by atoms with Crippen LogP contribution in [0.5, 0.6) is 0 Å². The molecular weight excluding hydrogens is 204 g/mol. The highest BCUT2D eigenvalue weighted by molar-refractivity contribution is 5.77. The quantitative estimate of drug-likeness (QED) is 0.660. The Labute approximate surface area is 97.8 Å². The zero-order valence-corrected chi connectivity index (χ0v) is 10.4. The third kappa shape index (κ3) is 4.10. The SMILES string of the molecule is CCCN(CCCC(C)(N)C(=O)O)C1CC1. The van der Waals surface area contributed by atoms with Crippen LogP contribution >= 0.6 is 0 Å². The van der Waals surface area contributed by atoms with Gasteiger partial charge < -0.3 is 15.7 Å². The second-order valence-corrected chi connectivity index (χ2v) is 5.09. The summed E-state index contributed by atoms with van der Waals surface area (Å²) in [4.78, 5) is 13.3. The van der Waals surface area contributed by atoms with Crippen molar-refractivity contribution in [1.29, 1.82) is 0 Å². The molecule has 94 valence electrons. The summed E-state index contributed by atoms with van der Waals surface area (Å²) >= 11 is 0. The van der Waals surface area contributed by atoms with E-state index in [-0.39, 0.29) is 0 Å². The smallest absolute Gasteiger partial charge is 0.323 e. The molecule has 0 aliphatic heterocycles. The molecule has 0 heterocycles. The third-order valence-electron chi connectivity index (χ3n) is 3.20. The van der Waals surface area contributed by atoms with Gasteiger partial charge in [0.1, 0.15) is 5.54 Å². The first-order valence-electron chi connectivity index (χ1n) is 6.23. The van der Waals surface area contributed by atoms with Gasteiger partial charge in [-0.3, -0.25) is 4.79 Å². The molecule has 0 aromatic heterocycles. The van der Waals surface area contributed by atoms with Crippen molar-refractivity contribution < 1.29 is 9.90 Å². The molecule has 3 N–H and O–H groups in total. The predicted molar refractivity (Wildman–Crippen MR) is 64.3 cm³/mol. The van der Waals surface area contributed by atoms with E-state index in [2.05, 4.69) is 11.8 Å². The zero-order valence-electron chi connectivity index (χ0n) is 10.4. The molecule has 0 aromatic carbocycles. The van der Waals surface area contributed by atoms with Crippen LogP contribution in [0.15, 0.2) is 0 Å². The lowest BCUT2D eigenvalue weighted by Gasteiger charge is -2.24. The van der Waals surface area contributed by atoms with Crippen LogP contribution in [0.2, 0.25) is 0 Å². The third-order valence-corrected chi connectivity index (χ3v) is 3.20. The van der Waals surface area contributed by atoms with Crippen LogP contribution in [0.25, 0.3) is 0 Å². The van der Waals surface area contributed by atoms with Crippen LogP contribution in [-0.4, -0.2) is 40.6 Å². The average molecular weight is 228 g/mol. The molecule has 0 aromatic rings. The molecule has 0 spiro atoms. The van der Waals surface area contributed by atoms with Crippen molar-refractivity contribution in [2.24, 2.45) is 5.73 Å². The summed E-state index contributed by atoms with van der Waals surface area (Å²) in [7, 11) is 0. The number of hydrogen-bond donors (Lipinski definition) is 2. The first-order chi connectivity index (χ1) is 7.47. The Kier molecular flexibility index (Phi) is 4.74. The monoisotopic (exact) mass is 228 g/mol. The number of aliphatic carboxylic acids is 1. The molecule has 0 bridgehead atoms. The predicted octanol–water partition coefficient (Wildman–Crippen LogP) is 1.44. The zero-order chi connectivity index (χ0) is 12.2. The molecule has 1 aliphatic rings. The Bertz CT molecular complexity index is 237. The van der Waals surface area contributed by atoms with E-state index in [9.17, 15) is 4.79 Å². The van der Waals surface area contributed by atoms with Crippen LogP contribution in [0.4, 0.5) is 0 Å². The number of nitrogens with zero attached hydrogens (tertiary/aromatic N) is 1. The summed E-state index contributed by atoms with van der Waals surface area (Å²) in [6.07, 6.45) is 5.19. The van der Waals surface area contributed by atoms with Crippen molar-refractivity contribution >= 4 is 5.97 Å². The molecule has 1 unspecified atom stereocenters. The van der Waals surface area contributed by atoms with Crippen molar-refractivity contribution in [3.63, 3.8) is 0 Å². The fraction of sp³-hybridized carbons (Fsp3) is 0.917. The minimum absolute atomic E-state index is 0.551. The molecule has 0 amide bonds. The molecule has 1 aliphatic carbocycles. The highest BCUT2D eigenvalue weighted by Gasteiger charge is 2.30. The lowest BCUT2D eigenvalue weighted by Crippen LogP contribution is -2.45. The number of hydrogen-bond acceptors (Lipinski definition) is 3. The Hall–Kier alpha value is -0.610. The molecule has 4 heteroatoms. The number of carbonyl (C=O) groups is 1. The maximum atomic E-state index is 10.8. The van der Waals surface area contributed by atoms with Gasteiger partial charge in [-0.2, -0.15) is 0 Å². The fourth-order valence-corrected chi connectivity index (χ4v) is 1.96. The molecular formula is C12H24N2O2. The summed E-state index contributed by atoms with van der Waals surface area (Å²) in [5.41, 5.74) is 4.63. The first-order valence-corrected chi connectivity index (χ1v) is 6.23. The molecule has 16 heavy (non-hydrogen) atoms. The summed E-state index contributed by atoms with van der Waals surface area (Å²) in [5.74, 6) is -0.902. The molecule has 1 saturated carbocycles. The van der Waals surface area contributed by atoms with E-state index in [0.717, 1.165) is 32.0 Å². The van der Waals surface area contributed by atoms with Gasteiger partial charge in [-0.15, -0.1) is 0 Å². The maximum absolute atomic E-state index is 10.8. The van der Waals surface area contributed by atoms with Crippen LogP contribution in [0.3, 0.4) is 0 Å². The van der Waals surface area contributed by atoms with E-state index in [1.165, 1.54) is 12.8 Å². The van der Waals surface area contributed by atoms with Gasteiger partial charge in [0, 0.05) is 6.04 Å². The van der Waals surface area contributed by atoms with Crippen LogP contribution in [0, 0.1) is 0 Å². The van der Waals surface area contributed by atoms with Crippen molar-refractivity contribution in [2.45, 2.75) is 57.5 Å². The van der Waals surface area contributed by atoms with Crippen LogP contribution in [0.1, 0.15) is 46.0 Å². The van der Waals surface area contributed by atoms with E-state index in [4.69, 9.17) is 10.8 Å². The van der Waals surface area contributed by atoms with Gasteiger partial charge in [0.25, 0.3) is 0 Å². The van der Waals surface area contributed by atoms with Gasteiger partial charge in [0.05, 0.1) is 0 Å². The molecule has 1 atom stereocenters. The number of rotatable bonds is 8. The maximum Gasteiger partial charge on any atom is 0.323 e. The Morgan fingerprint density at radius 3 is 2.56 bits per heavy atom. The summed E-state index contributed by atoms with van der Waals surface area (Å²) < 4.78 is 0. The molecule has 0 radical (unpaired) electrons. The summed E-state index contributed by atoms with van der Waals surface area (Å²) in [5, 5.41) is 8.89. The minimum atomic E-state index is -1.07. The molecule has 4 nitrogen and oxygen atoms in total. The molecule has 0 saturated heterocycles. The first kappa shape index (κ1) is 13.5. The van der Waals surface area contributed by atoms with E-state index in [0.29, 0.717) is 6.42 Å². The lowest BCUT2D eigenvalue weighted by atomic mass is 9.97. The number of carboxylic acids is 1. The molecule has 1 fully saturated rings. The highest BCUT2D eigenvalue weighted by Crippen LogP contribution is 2.27. The van der Waals surface area contributed by atoms with Crippen LogP contribution in [-0.2, 0) is 4.79 Å². The standard InChI is InChI=1S/C12H24N2O2/c1-3-8-14(10-5-6-10)9-4-7-12(2,13)11(15)16/h10H,3-9,13H2,1-2H3,(H,15,16). The minimum Gasteiger partial charge on any atom is -0.480 e. The highest BCUT2D eigenvalue weighted by atomic mass is 16.4. The van der Waals surface area contributed by atoms with Crippen molar-refractivity contribution in [1.82, 2.24) is 4.90 Å². The van der Waals surface area contributed by atoms with E-state index in [1.807, 2.05) is 0 Å². The topological polar surface area (TPSA) is 66.6 Å². The second-order valence-electron chi connectivity index (χ2n) is 5.09. The van der Waals surface area contributed by atoms with Gasteiger partial charge in [-0.25, -0.2) is 0 Å². The Morgan fingerprint density at radius 2 is 2.12 bits per heavy atom. The van der Waals surface area contributed by atoms with E-state index < -0.39 is 11.5 Å². The van der Waals surface area contributed by atoms with Crippen LogP contribution < -0.4 is 5.73 Å². The Balaban J connectivity index is 2.24. The molecule has 1 rings (SSSR count).